The maximum atomic E-state index is 12.3. The first-order chi connectivity index (χ1) is 12.7. The zero-order chi connectivity index (χ0) is 18.8. The van der Waals surface area contributed by atoms with Gasteiger partial charge in [0, 0.05) is 0 Å². The monoisotopic (exact) mass is 352 g/mol. The largest absolute Gasteiger partial charge is 0.493 e. The first kappa shape index (κ1) is 19.3. The summed E-state index contributed by atoms with van der Waals surface area (Å²) < 4.78 is 16.5. The Morgan fingerprint density at radius 3 is 2.46 bits per heavy atom. The molecule has 136 valence electrons. The second kappa shape index (κ2) is 10.1. The van der Waals surface area contributed by atoms with E-state index < -0.39 is 5.97 Å². The summed E-state index contributed by atoms with van der Waals surface area (Å²) in [6.07, 6.45) is 5.73. The normalized spacial score (nSPS) is 11.4. The highest BCUT2D eigenvalue weighted by molar-refractivity contribution is 5.90. The van der Waals surface area contributed by atoms with E-state index in [0.29, 0.717) is 23.7 Å². The molecule has 0 spiro atoms. The molecule has 0 N–H and O–H groups in total. The molecule has 0 aliphatic rings. The predicted molar refractivity (Wildman–Crippen MR) is 103 cm³/mol. The van der Waals surface area contributed by atoms with Crippen molar-refractivity contribution in [3.05, 3.63) is 83.5 Å². The summed E-state index contributed by atoms with van der Waals surface area (Å²) in [5, 5.41) is 0. The average Bonchev–Trinajstić information content (AvgIpc) is 2.69. The molecule has 0 aliphatic carbocycles. The third-order valence-electron chi connectivity index (χ3n) is 3.76. The topological polar surface area (TPSA) is 44.8 Å². The molecule has 2 rings (SSSR count). The van der Waals surface area contributed by atoms with Crippen LogP contribution in [-0.2, 0) is 11.3 Å². The molecule has 0 radical (unpaired) electrons. The van der Waals surface area contributed by atoms with Gasteiger partial charge in [-0.3, -0.25) is 0 Å². The first-order valence-electron chi connectivity index (χ1n) is 8.47. The molecule has 0 amide bonds. The van der Waals surface area contributed by atoms with E-state index >= 15 is 0 Å². The van der Waals surface area contributed by atoms with Gasteiger partial charge in [0.05, 0.1) is 12.7 Å². The van der Waals surface area contributed by atoms with Crippen LogP contribution in [-0.4, -0.2) is 19.7 Å². The number of rotatable bonds is 8. The third-order valence-corrected chi connectivity index (χ3v) is 3.76. The lowest BCUT2D eigenvalue weighted by atomic mass is 10.2. The van der Waals surface area contributed by atoms with Gasteiger partial charge in [-0.25, -0.2) is 4.79 Å². The summed E-state index contributed by atoms with van der Waals surface area (Å²) in [5.41, 5.74) is 2.39. The number of hydrogen-bond acceptors (Lipinski definition) is 4. The molecule has 0 bridgehead atoms. The minimum atomic E-state index is -0.402. The Morgan fingerprint density at radius 2 is 1.81 bits per heavy atom. The van der Waals surface area contributed by atoms with E-state index in [1.54, 1.807) is 25.3 Å². The van der Waals surface area contributed by atoms with E-state index in [2.05, 4.69) is 0 Å². The highest BCUT2D eigenvalue weighted by Crippen LogP contribution is 2.29. The quantitative estimate of drug-likeness (QED) is 0.498. The van der Waals surface area contributed by atoms with E-state index in [4.69, 9.17) is 14.2 Å². The van der Waals surface area contributed by atoms with Gasteiger partial charge < -0.3 is 14.2 Å². The summed E-state index contributed by atoms with van der Waals surface area (Å²) in [7, 11) is 1.57. The highest BCUT2D eigenvalue weighted by Gasteiger charge is 2.13. The van der Waals surface area contributed by atoms with Gasteiger partial charge in [-0.2, -0.15) is 0 Å². The number of carbonyl (C=O) groups is 1. The van der Waals surface area contributed by atoms with Crippen molar-refractivity contribution in [2.45, 2.75) is 20.5 Å². The van der Waals surface area contributed by atoms with E-state index in [0.717, 1.165) is 11.1 Å². The van der Waals surface area contributed by atoms with Crippen molar-refractivity contribution in [1.82, 2.24) is 0 Å². The second-order valence-corrected chi connectivity index (χ2v) is 5.58. The summed E-state index contributed by atoms with van der Waals surface area (Å²) in [5.74, 6) is 0.673. The van der Waals surface area contributed by atoms with Gasteiger partial charge >= 0.3 is 5.97 Å². The van der Waals surface area contributed by atoms with Crippen LogP contribution in [0.2, 0.25) is 0 Å². The number of hydrogen-bond donors (Lipinski definition) is 0. The molecule has 0 saturated heterocycles. The zero-order valence-corrected chi connectivity index (χ0v) is 15.4. The Bertz CT molecular complexity index is 776. The van der Waals surface area contributed by atoms with Crippen molar-refractivity contribution in [2.75, 3.05) is 13.7 Å². The lowest BCUT2D eigenvalue weighted by Gasteiger charge is -2.12. The van der Waals surface area contributed by atoms with Gasteiger partial charge in [0.15, 0.2) is 11.5 Å². The summed E-state index contributed by atoms with van der Waals surface area (Å²) in [6, 6.07) is 14.8. The molecule has 0 saturated carbocycles. The Hall–Kier alpha value is -3.01. The number of ether oxygens (including phenoxy) is 3. The molecule has 0 aliphatic heterocycles. The molecule has 26 heavy (non-hydrogen) atoms. The molecule has 0 aromatic heterocycles. The number of allylic oxidation sites excluding steroid dienone is 2. The van der Waals surface area contributed by atoms with Crippen molar-refractivity contribution < 1.29 is 19.0 Å². The van der Waals surface area contributed by atoms with Crippen molar-refractivity contribution in [2.24, 2.45) is 0 Å². The van der Waals surface area contributed by atoms with E-state index in [1.165, 1.54) is 0 Å². The van der Waals surface area contributed by atoms with Crippen LogP contribution >= 0.6 is 0 Å². The van der Waals surface area contributed by atoms with Crippen LogP contribution in [0, 0.1) is 0 Å². The number of methoxy groups -OCH3 is 1. The Balaban J connectivity index is 2.08. The molecule has 0 fully saturated rings. The molecular formula is C22H24O4. The molecule has 0 unspecified atom stereocenters. The average molecular weight is 352 g/mol. The first-order valence-corrected chi connectivity index (χ1v) is 8.47. The fraction of sp³-hybridized carbons (Fsp3) is 0.227. The SMILES string of the molecule is C/C=C\C(=C/C)COC(=O)c1ccc(OC)c(OCc2ccccc2)c1. The fourth-order valence-electron chi connectivity index (χ4n) is 2.33. The van der Waals surface area contributed by atoms with Crippen molar-refractivity contribution in [1.29, 1.82) is 0 Å². The Morgan fingerprint density at radius 1 is 1.04 bits per heavy atom. The van der Waals surface area contributed by atoms with Crippen molar-refractivity contribution in [3.8, 4) is 11.5 Å². The molecule has 0 atom stereocenters. The minimum absolute atomic E-state index is 0.228. The van der Waals surface area contributed by atoms with Gasteiger partial charge in [-0.05, 0) is 43.2 Å². The lowest BCUT2D eigenvalue weighted by Crippen LogP contribution is -2.08. The maximum absolute atomic E-state index is 12.3. The summed E-state index contributed by atoms with van der Waals surface area (Å²) in [4.78, 5) is 12.3. The van der Waals surface area contributed by atoms with Crippen LogP contribution in [0.25, 0.3) is 0 Å². The highest BCUT2D eigenvalue weighted by atomic mass is 16.5. The van der Waals surface area contributed by atoms with Crippen LogP contribution < -0.4 is 9.47 Å². The lowest BCUT2D eigenvalue weighted by molar-refractivity contribution is 0.0542. The van der Waals surface area contributed by atoms with Crippen molar-refractivity contribution >= 4 is 5.97 Å². The number of carbonyl (C=O) groups excluding carboxylic acids is 1. The molecule has 2 aromatic carbocycles. The van der Waals surface area contributed by atoms with Crippen molar-refractivity contribution in [3.63, 3.8) is 0 Å². The second-order valence-electron chi connectivity index (χ2n) is 5.58. The third kappa shape index (κ3) is 5.52. The minimum Gasteiger partial charge on any atom is -0.493 e. The van der Waals surface area contributed by atoms with E-state index in [1.807, 2.05) is 62.4 Å². The molecule has 2 aromatic rings. The molecule has 4 heteroatoms. The molecule has 4 nitrogen and oxygen atoms in total. The Labute approximate surface area is 154 Å². The van der Waals surface area contributed by atoms with Gasteiger partial charge in [-0.15, -0.1) is 0 Å². The van der Waals surface area contributed by atoms with Crippen LogP contribution in [0.3, 0.4) is 0 Å². The van der Waals surface area contributed by atoms with E-state index in [9.17, 15) is 4.79 Å². The molecular weight excluding hydrogens is 328 g/mol. The van der Waals surface area contributed by atoms with Gasteiger partial charge in [0.25, 0.3) is 0 Å². The number of benzene rings is 2. The van der Waals surface area contributed by atoms with Crippen LogP contribution in [0.15, 0.2) is 72.3 Å². The standard InChI is InChI=1S/C22H24O4/c1-4-9-17(5-2)15-26-22(23)19-12-13-20(24-3)21(14-19)25-16-18-10-7-6-8-11-18/h4-14H,15-16H2,1-3H3/b9-4-,17-5+. The Kier molecular flexibility index (Phi) is 7.49. The predicted octanol–water partition coefficient (Wildman–Crippen LogP) is 4.95. The van der Waals surface area contributed by atoms with Crippen LogP contribution in [0.1, 0.15) is 29.8 Å². The van der Waals surface area contributed by atoms with Crippen LogP contribution in [0.5, 0.6) is 11.5 Å². The summed E-state index contributed by atoms with van der Waals surface area (Å²) >= 11 is 0. The van der Waals surface area contributed by atoms with Gasteiger partial charge in [0.2, 0.25) is 0 Å². The van der Waals surface area contributed by atoms with E-state index in [-0.39, 0.29) is 6.61 Å². The molecule has 0 heterocycles. The summed E-state index contributed by atoms with van der Waals surface area (Å²) in [6.45, 7) is 4.45. The number of esters is 1. The zero-order valence-electron chi connectivity index (χ0n) is 15.4. The maximum Gasteiger partial charge on any atom is 0.338 e. The van der Waals surface area contributed by atoms with Gasteiger partial charge in [0.1, 0.15) is 13.2 Å². The fourth-order valence-corrected chi connectivity index (χ4v) is 2.33. The van der Waals surface area contributed by atoms with Gasteiger partial charge in [-0.1, -0.05) is 48.6 Å². The smallest absolute Gasteiger partial charge is 0.338 e. The van der Waals surface area contributed by atoms with Crippen LogP contribution in [0.4, 0.5) is 0 Å².